The first-order valence-electron chi connectivity index (χ1n) is 9.25. The Bertz CT molecular complexity index is 756. The van der Waals surface area contributed by atoms with E-state index in [9.17, 15) is 4.79 Å². The number of benzene rings is 1. The number of rotatable bonds is 8. The predicted octanol–water partition coefficient (Wildman–Crippen LogP) is 2.51. The van der Waals surface area contributed by atoms with E-state index < -0.39 is 0 Å². The summed E-state index contributed by atoms with van der Waals surface area (Å²) in [4.78, 5) is 12.5. The predicted molar refractivity (Wildman–Crippen MR) is 107 cm³/mol. The van der Waals surface area contributed by atoms with E-state index in [0.29, 0.717) is 24.6 Å². The van der Waals surface area contributed by atoms with E-state index in [4.69, 9.17) is 10.5 Å². The van der Waals surface area contributed by atoms with Gasteiger partial charge in [-0.2, -0.15) is 0 Å². The van der Waals surface area contributed by atoms with Crippen molar-refractivity contribution in [2.45, 2.75) is 52.2 Å². The van der Waals surface area contributed by atoms with Gasteiger partial charge in [-0.3, -0.25) is 4.79 Å². The summed E-state index contributed by atoms with van der Waals surface area (Å²) in [5.41, 5.74) is 8.04. The SMILES string of the molecule is CCc1c(C(=O)NCC(N)C2CC2)nnn1-c1ccc(OC(C)C)cc1.Cl. The molecule has 3 rings (SSSR count). The molecule has 1 aliphatic rings. The molecule has 1 saturated carbocycles. The lowest BCUT2D eigenvalue weighted by Gasteiger charge is -2.12. The minimum Gasteiger partial charge on any atom is -0.491 e. The van der Waals surface area contributed by atoms with Gasteiger partial charge in [-0.05, 0) is 63.3 Å². The number of carbonyl (C=O) groups excluding carboxylic acids is 1. The van der Waals surface area contributed by atoms with Gasteiger partial charge in [-0.1, -0.05) is 12.1 Å². The second kappa shape index (κ2) is 9.19. The number of ether oxygens (including phenoxy) is 1. The second-order valence-corrected chi connectivity index (χ2v) is 7.02. The van der Waals surface area contributed by atoms with Crippen LogP contribution in [0.4, 0.5) is 0 Å². The number of nitrogens with two attached hydrogens (primary N) is 1. The summed E-state index contributed by atoms with van der Waals surface area (Å²) in [5.74, 6) is 1.13. The quantitative estimate of drug-likeness (QED) is 0.718. The molecule has 1 unspecified atom stereocenters. The summed E-state index contributed by atoms with van der Waals surface area (Å²) in [7, 11) is 0. The molecule has 27 heavy (non-hydrogen) atoms. The van der Waals surface area contributed by atoms with E-state index in [1.807, 2.05) is 45.0 Å². The van der Waals surface area contributed by atoms with Gasteiger partial charge >= 0.3 is 0 Å². The average molecular weight is 394 g/mol. The number of aromatic nitrogens is 3. The normalized spacial score (nSPS) is 14.6. The van der Waals surface area contributed by atoms with Gasteiger partial charge < -0.3 is 15.8 Å². The molecular formula is C19H28ClN5O2. The van der Waals surface area contributed by atoms with Crippen molar-refractivity contribution in [3.05, 3.63) is 35.7 Å². The molecule has 1 fully saturated rings. The summed E-state index contributed by atoms with van der Waals surface area (Å²) >= 11 is 0. The smallest absolute Gasteiger partial charge is 0.273 e. The zero-order valence-corrected chi connectivity index (χ0v) is 16.8. The Morgan fingerprint density at radius 1 is 1.33 bits per heavy atom. The second-order valence-electron chi connectivity index (χ2n) is 7.02. The van der Waals surface area contributed by atoms with Crippen molar-refractivity contribution in [1.82, 2.24) is 20.3 Å². The number of hydrogen-bond acceptors (Lipinski definition) is 5. The molecule has 0 radical (unpaired) electrons. The molecule has 1 aromatic heterocycles. The van der Waals surface area contributed by atoms with Gasteiger partial charge in [0, 0.05) is 12.6 Å². The van der Waals surface area contributed by atoms with Crippen molar-refractivity contribution in [2.24, 2.45) is 11.7 Å². The molecule has 1 amide bonds. The molecule has 2 aromatic rings. The highest BCUT2D eigenvalue weighted by Crippen LogP contribution is 2.31. The van der Waals surface area contributed by atoms with Crippen molar-refractivity contribution in [3.63, 3.8) is 0 Å². The number of nitrogens with zero attached hydrogens (tertiary/aromatic N) is 3. The zero-order valence-electron chi connectivity index (χ0n) is 16.0. The molecule has 1 atom stereocenters. The highest BCUT2D eigenvalue weighted by molar-refractivity contribution is 5.93. The standard InChI is InChI=1S/C19H27N5O2.ClH/c1-4-17-18(19(25)21-11-16(20)13-5-6-13)22-23-24(17)14-7-9-15(10-8-14)26-12(2)3;/h7-10,12-13,16H,4-6,11,20H2,1-3H3,(H,21,25);1H. The largest absolute Gasteiger partial charge is 0.491 e. The number of nitrogens with one attached hydrogen (secondary N) is 1. The van der Waals surface area contributed by atoms with Crippen LogP contribution in [0.1, 0.15) is 49.8 Å². The van der Waals surface area contributed by atoms with Crippen LogP contribution in [0.25, 0.3) is 5.69 Å². The van der Waals surface area contributed by atoms with Crippen molar-refractivity contribution >= 4 is 18.3 Å². The highest BCUT2D eigenvalue weighted by atomic mass is 35.5. The van der Waals surface area contributed by atoms with Crippen LogP contribution in [0.15, 0.2) is 24.3 Å². The van der Waals surface area contributed by atoms with E-state index in [1.165, 1.54) is 0 Å². The number of halogens is 1. The molecule has 1 aromatic carbocycles. The highest BCUT2D eigenvalue weighted by Gasteiger charge is 2.29. The fourth-order valence-corrected chi connectivity index (χ4v) is 2.93. The summed E-state index contributed by atoms with van der Waals surface area (Å²) in [5, 5.41) is 11.2. The van der Waals surface area contributed by atoms with Crippen molar-refractivity contribution in [1.29, 1.82) is 0 Å². The topological polar surface area (TPSA) is 95.1 Å². The van der Waals surface area contributed by atoms with Gasteiger partial charge in [0.05, 0.1) is 17.5 Å². The lowest BCUT2D eigenvalue weighted by molar-refractivity contribution is 0.0944. The lowest BCUT2D eigenvalue weighted by Crippen LogP contribution is -2.39. The Hall–Kier alpha value is -2.12. The maximum absolute atomic E-state index is 12.5. The summed E-state index contributed by atoms with van der Waals surface area (Å²) in [6.07, 6.45) is 3.08. The van der Waals surface area contributed by atoms with Crippen LogP contribution >= 0.6 is 12.4 Å². The summed E-state index contributed by atoms with van der Waals surface area (Å²) < 4.78 is 7.37. The van der Waals surface area contributed by atoms with Crippen molar-refractivity contribution < 1.29 is 9.53 Å². The third-order valence-electron chi connectivity index (χ3n) is 4.49. The molecule has 8 heteroatoms. The Kier molecular flexibility index (Phi) is 7.21. The third kappa shape index (κ3) is 5.20. The Morgan fingerprint density at radius 3 is 2.56 bits per heavy atom. The summed E-state index contributed by atoms with van der Waals surface area (Å²) in [6.45, 7) is 6.43. The van der Waals surface area contributed by atoms with E-state index in [-0.39, 0.29) is 30.5 Å². The van der Waals surface area contributed by atoms with Gasteiger partial charge in [-0.25, -0.2) is 4.68 Å². The van der Waals surface area contributed by atoms with Gasteiger partial charge in [0.1, 0.15) is 5.75 Å². The molecule has 1 heterocycles. The fourth-order valence-electron chi connectivity index (χ4n) is 2.93. The molecule has 0 saturated heterocycles. The fraction of sp³-hybridized carbons (Fsp3) is 0.526. The zero-order chi connectivity index (χ0) is 18.7. The Labute approximate surface area is 166 Å². The third-order valence-corrected chi connectivity index (χ3v) is 4.49. The molecular weight excluding hydrogens is 366 g/mol. The van der Waals surface area contributed by atoms with Crippen LogP contribution in [0.3, 0.4) is 0 Å². The maximum atomic E-state index is 12.5. The monoisotopic (exact) mass is 393 g/mol. The molecule has 7 nitrogen and oxygen atoms in total. The van der Waals surface area contributed by atoms with E-state index in [1.54, 1.807) is 4.68 Å². The molecule has 0 aliphatic heterocycles. The van der Waals surface area contributed by atoms with E-state index >= 15 is 0 Å². The first-order valence-corrected chi connectivity index (χ1v) is 9.25. The molecule has 1 aliphatic carbocycles. The molecule has 148 valence electrons. The van der Waals surface area contributed by atoms with Crippen molar-refractivity contribution in [2.75, 3.05) is 6.54 Å². The van der Waals surface area contributed by atoms with Crippen LogP contribution in [-0.4, -0.2) is 39.6 Å². The Balaban J connectivity index is 0.00000261. The minimum absolute atomic E-state index is 0. The van der Waals surface area contributed by atoms with Gasteiger partial charge in [-0.15, -0.1) is 17.5 Å². The van der Waals surface area contributed by atoms with Crippen molar-refractivity contribution in [3.8, 4) is 11.4 Å². The maximum Gasteiger partial charge on any atom is 0.273 e. The summed E-state index contributed by atoms with van der Waals surface area (Å²) in [6, 6.07) is 7.63. The minimum atomic E-state index is -0.219. The van der Waals surface area contributed by atoms with Crippen LogP contribution in [0.2, 0.25) is 0 Å². The van der Waals surface area contributed by atoms with Gasteiger partial charge in [0.2, 0.25) is 0 Å². The number of hydrogen-bond donors (Lipinski definition) is 2. The number of amides is 1. The first kappa shape index (κ1) is 21.2. The van der Waals surface area contributed by atoms with Gasteiger partial charge in [0.15, 0.2) is 5.69 Å². The van der Waals surface area contributed by atoms with Gasteiger partial charge in [0.25, 0.3) is 5.91 Å². The molecule has 0 spiro atoms. The van der Waals surface area contributed by atoms with Crippen LogP contribution < -0.4 is 15.8 Å². The Morgan fingerprint density at radius 2 is 2.00 bits per heavy atom. The first-order chi connectivity index (χ1) is 12.5. The van der Waals surface area contributed by atoms with E-state index in [2.05, 4.69) is 15.6 Å². The average Bonchev–Trinajstić information content (AvgIpc) is 3.38. The van der Waals surface area contributed by atoms with E-state index in [0.717, 1.165) is 30.0 Å². The molecule has 0 bridgehead atoms. The van der Waals surface area contributed by atoms with Crippen LogP contribution in [0.5, 0.6) is 5.75 Å². The van der Waals surface area contributed by atoms with Crippen LogP contribution in [-0.2, 0) is 6.42 Å². The van der Waals surface area contributed by atoms with Crippen LogP contribution in [0, 0.1) is 5.92 Å². The molecule has 3 N–H and O–H groups in total. The number of carbonyl (C=O) groups is 1. The lowest BCUT2D eigenvalue weighted by atomic mass is 10.2.